The van der Waals surface area contributed by atoms with Crippen molar-refractivity contribution in [2.75, 3.05) is 0 Å². The van der Waals surface area contributed by atoms with Crippen LogP contribution in [0.5, 0.6) is 0 Å². The first-order valence-electron chi connectivity index (χ1n) is 0.204. The molecule has 4 heteroatoms. The summed E-state index contributed by atoms with van der Waals surface area (Å²) in [4.78, 5) is 0. The Balaban J connectivity index is -0.00000000500. The van der Waals surface area contributed by atoms with Crippen LogP contribution in [0.1, 0.15) is 0 Å². The molecule has 20 valence electrons. The number of hydrogen-bond acceptors (Lipinski definition) is 1. The molecule has 0 aliphatic rings. The molecule has 0 spiro atoms. The second-order valence-electron chi connectivity index (χ2n) is 0. The molecular formula is OSbSnTa. The average Bonchev–Trinajstić information content (AvgIpc) is 1.00. The van der Waals surface area contributed by atoms with Crippen LogP contribution in [0.25, 0.3) is 0 Å². The van der Waals surface area contributed by atoms with Crippen molar-refractivity contribution in [3.8, 4) is 0 Å². The molecule has 4 heavy (non-hydrogen) atoms. The topological polar surface area (TPSA) is 17.1 Å². The van der Waals surface area contributed by atoms with E-state index >= 15 is 0 Å². The summed E-state index contributed by atoms with van der Waals surface area (Å²) in [5, 5.41) is 0. The van der Waals surface area contributed by atoms with E-state index in [1.165, 1.54) is 0 Å². The Hall–Kier alpha value is 2.16. The zero-order valence-corrected chi connectivity index (χ0v) is 10.4. The second kappa shape index (κ2) is 19.2. The van der Waals surface area contributed by atoms with Crippen LogP contribution in [-0.4, -0.2) is 46.9 Å². The predicted molar refractivity (Wildman–Crippen MR) is 12.2 cm³/mol. The molecule has 0 bridgehead atoms. The summed E-state index contributed by atoms with van der Waals surface area (Å²) in [6.07, 6.45) is 0. The molecule has 6 radical (unpaired) electrons. The maximum atomic E-state index is 8.34. The van der Waals surface area contributed by atoms with E-state index in [0.717, 1.165) is 0 Å². The minimum atomic E-state index is 0. The van der Waals surface area contributed by atoms with Gasteiger partial charge in [0.1, 0.15) is 0 Å². The third-order valence-corrected chi connectivity index (χ3v) is 0. The Morgan fingerprint density at radius 2 is 1.25 bits per heavy atom. The van der Waals surface area contributed by atoms with Crippen molar-refractivity contribution >= 4 is 46.9 Å². The monoisotopic (exact) mass is 438 g/mol. The smallest absolute Gasteiger partial charge is 0 e. The molecule has 0 aliphatic carbocycles. The van der Waals surface area contributed by atoms with E-state index in [9.17, 15) is 0 Å². The maximum Gasteiger partial charge on any atom is 0 e. The van der Waals surface area contributed by atoms with Crippen molar-refractivity contribution in [2.24, 2.45) is 0 Å². The molecule has 0 aromatic heterocycles. The summed E-state index contributed by atoms with van der Waals surface area (Å²) < 4.78 is 8.34. The Labute approximate surface area is 71.3 Å². The van der Waals surface area contributed by atoms with Crippen molar-refractivity contribution in [1.82, 2.24) is 0 Å². The third-order valence-electron chi connectivity index (χ3n) is 0. The molecule has 0 saturated heterocycles. The normalized spacial score (nSPS) is 1.00. The Morgan fingerprint density at radius 1 is 1.25 bits per heavy atom. The largest absolute Gasteiger partial charge is 0 e. The molecule has 0 heterocycles. The zero-order chi connectivity index (χ0) is 2.00. The van der Waals surface area contributed by atoms with Gasteiger partial charge in [0, 0.05) is 46.8 Å². The average molecular weight is 437 g/mol. The molecular weight excluding hydrogens is 437 g/mol. The minimum absolute atomic E-state index is 0. The molecule has 0 rings (SSSR count). The van der Waals surface area contributed by atoms with Gasteiger partial charge in [-0.3, -0.25) is 0 Å². The Bertz CT molecular complexity index is 8.00. The first-order valence-corrected chi connectivity index (χ1v) is 1.37. The first-order chi connectivity index (χ1) is 1.00. The molecule has 1 nitrogen and oxygen atoms in total. The fourth-order valence-electron chi connectivity index (χ4n) is 0. The van der Waals surface area contributed by atoms with Crippen molar-refractivity contribution < 1.29 is 25.5 Å². The predicted octanol–water partition coefficient (Wildman–Crippen LogP) is -0.883. The van der Waals surface area contributed by atoms with Crippen LogP contribution in [0, 0.1) is 0 Å². The van der Waals surface area contributed by atoms with E-state index in [0.29, 0.717) is 22.5 Å². The van der Waals surface area contributed by atoms with Gasteiger partial charge in [-0.1, -0.05) is 0 Å². The van der Waals surface area contributed by atoms with Crippen molar-refractivity contribution in [2.45, 2.75) is 0 Å². The summed E-state index contributed by atoms with van der Waals surface area (Å²) in [6.45, 7) is 0. The van der Waals surface area contributed by atoms with Crippen LogP contribution in [0.3, 0.4) is 0 Å². The van der Waals surface area contributed by atoms with E-state index in [4.69, 9.17) is 3.08 Å². The molecule has 0 unspecified atom stereocenters. The third kappa shape index (κ3) is 8.90. The molecule has 0 atom stereocenters. The van der Waals surface area contributed by atoms with E-state index in [-0.39, 0.29) is 46.8 Å². The van der Waals surface area contributed by atoms with Crippen LogP contribution in [0.2, 0.25) is 0 Å². The van der Waals surface area contributed by atoms with Gasteiger partial charge in [0.05, 0.1) is 0 Å². The summed E-state index contributed by atoms with van der Waals surface area (Å²) in [6, 6.07) is 0. The van der Waals surface area contributed by atoms with Crippen LogP contribution >= 0.6 is 0 Å². The van der Waals surface area contributed by atoms with Gasteiger partial charge >= 0.3 is 25.6 Å². The van der Waals surface area contributed by atoms with Crippen LogP contribution in [-0.2, 0) is 25.5 Å². The Morgan fingerprint density at radius 3 is 1.25 bits per heavy atom. The summed E-state index contributed by atoms with van der Waals surface area (Å²) in [7, 11) is 0. The van der Waals surface area contributed by atoms with Gasteiger partial charge in [-0.25, -0.2) is 0 Å². The van der Waals surface area contributed by atoms with Crippen molar-refractivity contribution in [1.29, 1.82) is 0 Å². The molecule has 0 N–H and O–H groups in total. The number of rotatable bonds is 0. The fourth-order valence-corrected chi connectivity index (χ4v) is 0. The summed E-state index contributed by atoms with van der Waals surface area (Å²) in [5.74, 6) is 0. The number of hydrogen-bond donors (Lipinski definition) is 0. The van der Waals surface area contributed by atoms with Gasteiger partial charge in [0.15, 0.2) is 0 Å². The molecule has 0 amide bonds. The van der Waals surface area contributed by atoms with Crippen LogP contribution in [0.4, 0.5) is 0 Å². The van der Waals surface area contributed by atoms with Gasteiger partial charge in [-0.15, -0.1) is 0 Å². The molecule has 0 saturated carbocycles. The van der Waals surface area contributed by atoms with E-state index in [2.05, 4.69) is 0 Å². The van der Waals surface area contributed by atoms with E-state index < -0.39 is 0 Å². The summed E-state index contributed by atoms with van der Waals surface area (Å²) >= 11 is 0.300. The van der Waals surface area contributed by atoms with E-state index in [1.54, 1.807) is 0 Å². The fraction of sp³-hybridized carbons (Fsp3) is 0. The molecule has 0 aromatic rings. The van der Waals surface area contributed by atoms with Crippen molar-refractivity contribution in [3.63, 3.8) is 0 Å². The van der Waals surface area contributed by atoms with Gasteiger partial charge in [-0.2, -0.15) is 0 Å². The van der Waals surface area contributed by atoms with E-state index in [1.807, 2.05) is 0 Å². The van der Waals surface area contributed by atoms with Gasteiger partial charge < -0.3 is 0 Å². The zero-order valence-electron chi connectivity index (χ0n) is 1.80. The Kier molecular flexibility index (Phi) is 78.7. The molecule has 0 aliphatic heterocycles. The standard InChI is InChI=1S/O.Sb.Sn.Ta. The quantitative estimate of drug-likeness (QED) is 0.450. The molecule has 0 fully saturated rings. The van der Waals surface area contributed by atoms with Crippen molar-refractivity contribution in [3.05, 3.63) is 0 Å². The second-order valence-corrected chi connectivity index (χ2v) is 0. The van der Waals surface area contributed by atoms with Crippen LogP contribution < -0.4 is 0 Å². The van der Waals surface area contributed by atoms with Crippen LogP contribution in [0.15, 0.2) is 0 Å². The SMILES string of the molecule is [O]=[Sn].[Sb].[Ta]. The van der Waals surface area contributed by atoms with Gasteiger partial charge in [0.2, 0.25) is 0 Å². The summed E-state index contributed by atoms with van der Waals surface area (Å²) in [5.41, 5.74) is 0. The van der Waals surface area contributed by atoms with Gasteiger partial charge in [0.25, 0.3) is 0 Å². The minimum Gasteiger partial charge on any atom is 0 e. The maximum absolute atomic E-state index is 8.34. The molecule has 0 aromatic carbocycles. The van der Waals surface area contributed by atoms with Gasteiger partial charge in [-0.05, 0) is 0 Å². The first kappa shape index (κ1) is 16.4.